The maximum atomic E-state index is 12.6. The molecule has 0 bridgehead atoms. The van der Waals surface area contributed by atoms with Crippen LogP contribution in [0.3, 0.4) is 0 Å². The zero-order valence-corrected chi connectivity index (χ0v) is 16.3. The molecule has 144 valence electrons. The van der Waals surface area contributed by atoms with Crippen LogP contribution in [0.2, 0.25) is 0 Å². The van der Waals surface area contributed by atoms with E-state index in [0.717, 1.165) is 16.7 Å². The van der Waals surface area contributed by atoms with Crippen LogP contribution in [0.5, 0.6) is 0 Å². The van der Waals surface area contributed by atoms with Gasteiger partial charge in [0.05, 0.1) is 18.2 Å². The van der Waals surface area contributed by atoms with E-state index in [1.807, 2.05) is 51.1 Å². The number of H-pyrrole nitrogens is 1. The molecule has 3 rings (SSSR count). The zero-order chi connectivity index (χ0) is 20.1. The molecular formula is C22H24N4O2. The summed E-state index contributed by atoms with van der Waals surface area (Å²) >= 11 is 0. The third kappa shape index (κ3) is 4.91. The number of carbonyl (C=O) groups excluding carboxylic acids is 1. The number of benzene rings is 1. The molecule has 1 atom stereocenters. The van der Waals surface area contributed by atoms with Gasteiger partial charge in [-0.05, 0) is 30.5 Å². The lowest BCUT2D eigenvalue weighted by Crippen LogP contribution is -2.34. The van der Waals surface area contributed by atoms with Crippen molar-refractivity contribution >= 4 is 5.91 Å². The first-order chi connectivity index (χ1) is 13.4. The molecule has 0 spiro atoms. The number of rotatable bonds is 6. The summed E-state index contributed by atoms with van der Waals surface area (Å²) in [7, 11) is 0. The van der Waals surface area contributed by atoms with Gasteiger partial charge in [0.1, 0.15) is 5.82 Å². The maximum absolute atomic E-state index is 12.6. The van der Waals surface area contributed by atoms with Gasteiger partial charge in [-0.2, -0.15) is 0 Å². The van der Waals surface area contributed by atoms with E-state index in [1.54, 1.807) is 18.5 Å². The van der Waals surface area contributed by atoms with E-state index in [4.69, 9.17) is 0 Å². The number of aryl methyl sites for hydroxylation is 1. The Balaban J connectivity index is 1.84. The Hall–Kier alpha value is -3.28. The first kappa shape index (κ1) is 19.5. The van der Waals surface area contributed by atoms with Crippen molar-refractivity contribution in [3.05, 3.63) is 82.0 Å². The van der Waals surface area contributed by atoms with Crippen LogP contribution in [-0.4, -0.2) is 20.9 Å². The Morgan fingerprint density at radius 2 is 1.93 bits per heavy atom. The van der Waals surface area contributed by atoms with Gasteiger partial charge in [0.15, 0.2) is 0 Å². The average molecular weight is 376 g/mol. The second kappa shape index (κ2) is 8.61. The number of carbonyl (C=O) groups is 1. The number of aromatic amines is 1. The van der Waals surface area contributed by atoms with Crippen LogP contribution in [0.25, 0.3) is 11.4 Å². The number of amides is 1. The standard InChI is InChI=1S/C22H24N4O2/c1-14(2)21(25-19(27)11-16-8-6-15(3)7-9-16)18-12-20(28)26-22(24-18)17-5-4-10-23-13-17/h4-10,12-14,21H,11H2,1-3H3,(H,25,27)(H,24,26,28). The van der Waals surface area contributed by atoms with Crippen molar-refractivity contribution in [2.75, 3.05) is 0 Å². The first-order valence-electron chi connectivity index (χ1n) is 9.29. The summed E-state index contributed by atoms with van der Waals surface area (Å²) in [5, 5.41) is 3.03. The summed E-state index contributed by atoms with van der Waals surface area (Å²) in [4.78, 5) is 36.2. The molecule has 1 aromatic carbocycles. The minimum absolute atomic E-state index is 0.0676. The number of hydrogen-bond donors (Lipinski definition) is 2. The van der Waals surface area contributed by atoms with Gasteiger partial charge in [0.2, 0.25) is 5.91 Å². The van der Waals surface area contributed by atoms with Gasteiger partial charge in [-0.1, -0.05) is 43.7 Å². The predicted molar refractivity (Wildman–Crippen MR) is 109 cm³/mol. The molecule has 0 aliphatic rings. The molecule has 0 aliphatic heterocycles. The van der Waals surface area contributed by atoms with Gasteiger partial charge in [-0.25, -0.2) is 4.98 Å². The lowest BCUT2D eigenvalue weighted by atomic mass is 9.99. The van der Waals surface area contributed by atoms with Crippen LogP contribution in [0.4, 0.5) is 0 Å². The normalized spacial score (nSPS) is 12.0. The fourth-order valence-corrected chi connectivity index (χ4v) is 2.97. The second-order valence-electron chi connectivity index (χ2n) is 7.21. The monoisotopic (exact) mass is 376 g/mol. The summed E-state index contributed by atoms with van der Waals surface area (Å²) in [6.07, 6.45) is 3.58. The van der Waals surface area contributed by atoms with Crippen LogP contribution >= 0.6 is 0 Å². The summed E-state index contributed by atoms with van der Waals surface area (Å²) < 4.78 is 0. The quantitative estimate of drug-likeness (QED) is 0.692. The number of hydrogen-bond acceptors (Lipinski definition) is 4. The van der Waals surface area contributed by atoms with Gasteiger partial charge in [-0.3, -0.25) is 14.6 Å². The molecule has 28 heavy (non-hydrogen) atoms. The molecule has 6 heteroatoms. The number of nitrogens with zero attached hydrogens (tertiary/aromatic N) is 2. The van der Waals surface area contributed by atoms with E-state index in [1.165, 1.54) is 6.07 Å². The second-order valence-corrected chi connectivity index (χ2v) is 7.21. The SMILES string of the molecule is Cc1ccc(CC(=O)NC(c2cc(=O)[nH]c(-c3cccnc3)n2)C(C)C)cc1. The minimum Gasteiger partial charge on any atom is -0.347 e. The molecule has 2 heterocycles. The number of nitrogens with one attached hydrogen (secondary N) is 2. The summed E-state index contributed by atoms with van der Waals surface area (Å²) in [6, 6.07) is 12.6. The van der Waals surface area contributed by atoms with Gasteiger partial charge in [0, 0.05) is 24.0 Å². The molecule has 3 aromatic rings. The molecule has 0 saturated carbocycles. The van der Waals surface area contributed by atoms with Crippen molar-refractivity contribution in [3.63, 3.8) is 0 Å². The van der Waals surface area contributed by atoms with E-state index in [-0.39, 0.29) is 29.8 Å². The maximum Gasteiger partial charge on any atom is 0.251 e. The van der Waals surface area contributed by atoms with Crippen molar-refractivity contribution in [2.45, 2.75) is 33.2 Å². The number of aromatic nitrogens is 3. The molecule has 1 unspecified atom stereocenters. The molecule has 6 nitrogen and oxygen atoms in total. The first-order valence-corrected chi connectivity index (χ1v) is 9.29. The zero-order valence-electron chi connectivity index (χ0n) is 16.3. The Bertz CT molecular complexity index is 995. The third-order valence-electron chi connectivity index (χ3n) is 4.48. The lowest BCUT2D eigenvalue weighted by Gasteiger charge is -2.22. The largest absolute Gasteiger partial charge is 0.347 e. The Labute approximate surface area is 164 Å². The summed E-state index contributed by atoms with van der Waals surface area (Å²) in [5.74, 6) is 0.402. The Morgan fingerprint density at radius 1 is 1.18 bits per heavy atom. The van der Waals surface area contributed by atoms with Crippen molar-refractivity contribution in [1.29, 1.82) is 0 Å². The van der Waals surface area contributed by atoms with Crippen LogP contribution in [0, 0.1) is 12.8 Å². The molecule has 0 radical (unpaired) electrons. The van der Waals surface area contributed by atoms with Gasteiger partial charge in [-0.15, -0.1) is 0 Å². The minimum atomic E-state index is -0.365. The van der Waals surface area contributed by atoms with Crippen molar-refractivity contribution < 1.29 is 4.79 Å². The molecule has 0 aliphatic carbocycles. The predicted octanol–water partition coefficient (Wildman–Crippen LogP) is 3.20. The van der Waals surface area contributed by atoms with Crippen molar-refractivity contribution in [3.8, 4) is 11.4 Å². The topological polar surface area (TPSA) is 87.7 Å². The van der Waals surface area contributed by atoms with Crippen molar-refractivity contribution in [2.24, 2.45) is 5.92 Å². The highest BCUT2D eigenvalue weighted by molar-refractivity contribution is 5.79. The van der Waals surface area contributed by atoms with E-state index >= 15 is 0 Å². The lowest BCUT2D eigenvalue weighted by molar-refractivity contribution is -0.121. The highest BCUT2D eigenvalue weighted by Crippen LogP contribution is 2.21. The van der Waals surface area contributed by atoms with E-state index in [2.05, 4.69) is 20.3 Å². The van der Waals surface area contributed by atoms with Crippen LogP contribution in [0.15, 0.2) is 59.7 Å². The molecule has 0 fully saturated rings. The van der Waals surface area contributed by atoms with E-state index < -0.39 is 0 Å². The highest BCUT2D eigenvalue weighted by Gasteiger charge is 2.21. The van der Waals surface area contributed by atoms with Crippen LogP contribution in [-0.2, 0) is 11.2 Å². The van der Waals surface area contributed by atoms with Gasteiger partial charge >= 0.3 is 0 Å². The molecule has 2 aromatic heterocycles. The summed E-state index contributed by atoms with van der Waals surface area (Å²) in [6.45, 7) is 5.99. The Kier molecular flexibility index (Phi) is 5.99. The highest BCUT2D eigenvalue weighted by atomic mass is 16.1. The van der Waals surface area contributed by atoms with E-state index in [9.17, 15) is 9.59 Å². The van der Waals surface area contributed by atoms with Crippen LogP contribution < -0.4 is 10.9 Å². The Morgan fingerprint density at radius 3 is 2.57 bits per heavy atom. The van der Waals surface area contributed by atoms with Crippen LogP contribution in [0.1, 0.15) is 36.7 Å². The summed E-state index contributed by atoms with van der Waals surface area (Å²) in [5.41, 5.74) is 3.09. The average Bonchev–Trinajstić information content (AvgIpc) is 2.68. The fourth-order valence-electron chi connectivity index (χ4n) is 2.97. The molecule has 2 N–H and O–H groups in total. The number of pyridine rings is 1. The van der Waals surface area contributed by atoms with Crippen molar-refractivity contribution in [1.82, 2.24) is 20.3 Å². The van der Waals surface area contributed by atoms with Gasteiger partial charge < -0.3 is 10.3 Å². The molecular weight excluding hydrogens is 352 g/mol. The van der Waals surface area contributed by atoms with Gasteiger partial charge in [0.25, 0.3) is 5.56 Å². The van der Waals surface area contributed by atoms with E-state index in [0.29, 0.717) is 11.5 Å². The molecule has 0 saturated heterocycles. The smallest absolute Gasteiger partial charge is 0.251 e. The molecule has 1 amide bonds. The fraction of sp³-hybridized carbons (Fsp3) is 0.273. The third-order valence-corrected chi connectivity index (χ3v) is 4.48.